The fraction of sp³-hybridized carbons (Fsp3) is 0.933. The van der Waals surface area contributed by atoms with Crippen molar-refractivity contribution in [2.45, 2.75) is 52.0 Å². The molecule has 0 aromatic carbocycles. The first-order valence-corrected chi connectivity index (χ1v) is 7.57. The summed E-state index contributed by atoms with van der Waals surface area (Å²) in [6.45, 7) is 7.54. The van der Waals surface area contributed by atoms with E-state index >= 15 is 0 Å². The molecule has 2 fully saturated rings. The van der Waals surface area contributed by atoms with E-state index in [0.29, 0.717) is 6.04 Å². The van der Waals surface area contributed by atoms with Gasteiger partial charge in [-0.3, -0.25) is 9.69 Å². The van der Waals surface area contributed by atoms with Crippen LogP contribution in [0.4, 0.5) is 0 Å². The Hall–Kier alpha value is -0.610. The van der Waals surface area contributed by atoms with Crippen LogP contribution in [-0.4, -0.2) is 48.3 Å². The smallest absolute Gasteiger partial charge is 0.309 e. The minimum Gasteiger partial charge on any atom is -0.481 e. The molecular formula is C15H27NO3. The van der Waals surface area contributed by atoms with Gasteiger partial charge in [-0.2, -0.15) is 0 Å². The Morgan fingerprint density at radius 1 is 1.21 bits per heavy atom. The quantitative estimate of drug-likeness (QED) is 0.854. The fourth-order valence-electron chi connectivity index (χ4n) is 3.35. The van der Waals surface area contributed by atoms with Crippen LogP contribution in [-0.2, 0) is 9.53 Å². The number of hydrogen-bond acceptors (Lipinski definition) is 3. The van der Waals surface area contributed by atoms with Gasteiger partial charge in [-0.05, 0) is 58.4 Å². The molecule has 0 radical (unpaired) electrons. The summed E-state index contributed by atoms with van der Waals surface area (Å²) in [5.41, 5.74) is -0.611. The van der Waals surface area contributed by atoms with Crippen LogP contribution in [0.3, 0.4) is 0 Å². The van der Waals surface area contributed by atoms with Crippen molar-refractivity contribution in [1.29, 1.82) is 0 Å². The molecule has 110 valence electrons. The van der Waals surface area contributed by atoms with Gasteiger partial charge in [0.2, 0.25) is 0 Å². The standard InChI is InChI=1S/C15H27NO3/c1-15(2,14(17)18)12-5-3-8-16(11-12)13-6-4-9-19-10-7-13/h12-13H,3-11H2,1-2H3,(H,17,18). The summed E-state index contributed by atoms with van der Waals surface area (Å²) in [5.74, 6) is -0.397. The highest BCUT2D eigenvalue weighted by molar-refractivity contribution is 5.74. The topological polar surface area (TPSA) is 49.8 Å². The lowest BCUT2D eigenvalue weighted by Gasteiger charge is -2.42. The number of hydrogen-bond donors (Lipinski definition) is 1. The first-order chi connectivity index (χ1) is 9.01. The number of rotatable bonds is 3. The van der Waals surface area contributed by atoms with Gasteiger partial charge in [0, 0.05) is 25.8 Å². The van der Waals surface area contributed by atoms with Crippen LogP contribution >= 0.6 is 0 Å². The van der Waals surface area contributed by atoms with E-state index in [1.165, 1.54) is 6.42 Å². The molecule has 2 rings (SSSR count). The van der Waals surface area contributed by atoms with Gasteiger partial charge in [-0.1, -0.05) is 0 Å². The molecule has 2 unspecified atom stereocenters. The Kier molecular flexibility index (Phi) is 4.85. The second-order valence-electron chi connectivity index (χ2n) is 6.56. The van der Waals surface area contributed by atoms with Gasteiger partial charge in [0.1, 0.15) is 0 Å². The number of ether oxygens (including phenoxy) is 1. The number of carbonyl (C=O) groups is 1. The van der Waals surface area contributed by atoms with Crippen LogP contribution in [0.1, 0.15) is 46.0 Å². The van der Waals surface area contributed by atoms with Crippen molar-refractivity contribution < 1.29 is 14.6 Å². The Balaban J connectivity index is 1.98. The van der Waals surface area contributed by atoms with Crippen molar-refractivity contribution in [2.24, 2.45) is 11.3 Å². The number of aliphatic carboxylic acids is 1. The van der Waals surface area contributed by atoms with Crippen molar-refractivity contribution in [3.05, 3.63) is 0 Å². The zero-order valence-electron chi connectivity index (χ0n) is 12.2. The molecule has 0 aromatic heterocycles. The Labute approximate surface area is 116 Å². The summed E-state index contributed by atoms with van der Waals surface area (Å²) in [4.78, 5) is 13.9. The Morgan fingerprint density at radius 2 is 2.00 bits per heavy atom. The zero-order valence-corrected chi connectivity index (χ0v) is 12.2. The molecule has 4 nitrogen and oxygen atoms in total. The molecule has 2 aliphatic rings. The number of piperidine rings is 1. The van der Waals surface area contributed by atoms with Crippen molar-refractivity contribution >= 4 is 5.97 Å². The van der Waals surface area contributed by atoms with Gasteiger partial charge in [-0.15, -0.1) is 0 Å². The molecule has 0 aromatic rings. The summed E-state index contributed by atoms with van der Waals surface area (Å²) in [7, 11) is 0. The van der Waals surface area contributed by atoms with Crippen LogP contribution in [0.2, 0.25) is 0 Å². The molecule has 2 saturated heterocycles. The second kappa shape index (κ2) is 6.23. The monoisotopic (exact) mass is 269 g/mol. The summed E-state index contributed by atoms with van der Waals surface area (Å²) in [6.07, 6.45) is 5.59. The van der Waals surface area contributed by atoms with E-state index < -0.39 is 11.4 Å². The maximum atomic E-state index is 11.4. The largest absolute Gasteiger partial charge is 0.481 e. The molecule has 2 aliphatic heterocycles. The number of nitrogens with zero attached hydrogens (tertiary/aromatic N) is 1. The van der Waals surface area contributed by atoms with Crippen molar-refractivity contribution in [2.75, 3.05) is 26.3 Å². The summed E-state index contributed by atoms with van der Waals surface area (Å²) in [5, 5.41) is 9.40. The molecule has 0 spiro atoms. The first kappa shape index (κ1) is 14.8. The average Bonchev–Trinajstić information content (AvgIpc) is 2.67. The normalized spacial score (nSPS) is 30.8. The predicted octanol–water partition coefficient (Wildman–Crippen LogP) is 2.38. The Bertz CT molecular complexity index is 309. The first-order valence-electron chi connectivity index (χ1n) is 7.57. The van der Waals surface area contributed by atoms with Crippen LogP contribution in [0, 0.1) is 11.3 Å². The van der Waals surface area contributed by atoms with Gasteiger partial charge in [0.25, 0.3) is 0 Å². The SMILES string of the molecule is CC(C)(C(=O)O)C1CCCN(C2CCCOCC2)C1. The van der Waals surface area contributed by atoms with Crippen molar-refractivity contribution in [3.63, 3.8) is 0 Å². The van der Waals surface area contributed by atoms with E-state index in [0.717, 1.165) is 52.0 Å². The maximum absolute atomic E-state index is 11.4. The minimum absolute atomic E-state index is 0.267. The van der Waals surface area contributed by atoms with Gasteiger partial charge in [-0.25, -0.2) is 0 Å². The molecule has 4 heteroatoms. The molecule has 2 heterocycles. The lowest BCUT2D eigenvalue weighted by molar-refractivity contribution is -0.151. The highest BCUT2D eigenvalue weighted by Gasteiger charge is 2.40. The third-order valence-corrected chi connectivity index (χ3v) is 4.96. The van der Waals surface area contributed by atoms with E-state index in [1.807, 2.05) is 13.8 Å². The van der Waals surface area contributed by atoms with E-state index in [-0.39, 0.29) is 5.92 Å². The number of carboxylic acids is 1. The van der Waals surface area contributed by atoms with E-state index in [1.54, 1.807) is 0 Å². The van der Waals surface area contributed by atoms with Gasteiger partial charge in [0.15, 0.2) is 0 Å². The Morgan fingerprint density at radius 3 is 2.74 bits per heavy atom. The highest BCUT2D eigenvalue weighted by Crippen LogP contribution is 2.35. The summed E-state index contributed by atoms with van der Waals surface area (Å²) in [6, 6.07) is 0.592. The summed E-state index contributed by atoms with van der Waals surface area (Å²) < 4.78 is 5.53. The van der Waals surface area contributed by atoms with Crippen LogP contribution < -0.4 is 0 Å². The highest BCUT2D eigenvalue weighted by atomic mass is 16.5. The summed E-state index contributed by atoms with van der Waals surface area (Å²) >= 11 is 0. The van der Waals surface area contributed by atoms with Gasteiger partial charge >= 0.3 is 5.97 Å². The molecular weight excluding hydrogens is 242 g/mol. The average molecular weight is 269 g/mol. The lowest BCUT2D eigenvalue weighted by Crippen LogP contribution is -2.48. The fourth-order valence-corrected chi connectivity index (χ4v) is 3.35. The van der Waals surface area contributed by atoms with Crippen LogP contribution in [0.15, 0.2) is 0 Å². The van der Waals surface area contributed by atoms with Crippen LogP contribution in [0.25, 0.3) is 0 Å². The van der Waals surface area contributed by atoms with Crippen molar-refractivity contribution in [3.8, 4) is 0 Å². The van der Waals surface area contributed by atoms with Crippen LogP contribution in [0.5, 0.6) is 0 Å². The maximum Gasteiger partial charge on any atom is 0.309 e. The number of likely N-dealkylation sites (tertiary alicyclic amines) is 1. The van der Waals surface area contributed by atoms with E-state index in [2.05, 4.69) is 4.90 Å². The molecule has 19 heavy (non-hydrogen) atoms. The number of carboxylic acid groups (broad SMARTS) is 1. The third-order valence-electron chi connectivity index (χ3n) is 4.96. The predicted molar refractivity (Wildman–Crippen MR) is 74.2 cm³/mol. The molecule has 0 aliphatic carbocycles. The minimum atomic E-state index is -0.663. The third kappa shape index (κ3) is 3.48. The second-order valence-corrected chi connectivity index (χ2v) is 6.56. The molecule has 0 bridgehead atoms. The molecule has 0 saturated carbocycles. The zero-order chi connectivity index (χ0) is 13.9. The lowest BCUT2D eigenvalue weighted by atomic mass is 9.74. The molecule has 2 atom stereocenters. The molecule has 0 amide bonds. The van der Waals surface area contributed by atoms with Crippen molar-refractivity contribution in [1.82, 2.24) is 4.90 Å². The van der Waals surface area contributed by atoms with E-state index in [4.69, 9.17) is 4.74 Å². The van der Waals surface area contributed by atoms with Gasteiger partial charge < -0.3 is 9.84 Å². The molecule has 1 N–H and O–H groups in total. The van der Waals surface area contributed by atoms with Gasteiger partial charge in [0.05, 0.1) is 5.41 Å². The van der Waals surface area contributed by atoms with E-state index in [9.17, 15) is 9.90 Å².